The molecule has 0 aliphatic carbocycles. The summed E-state index contributed by atoms with van der Waals surface area (Å²) in [5.41, 5.74) is 3.48. The molecule has 1 aliphatic heterocycles. The first kappa shape index (κ1) is 13.1. The van der Waals surface area contributed by atoms with Crippen LogP contribution in [-0.2, 0) is 16.6 Å². The van der Waals surface area contributed by atoms with E-state index in [0.717, 1.165) is 18.5 Å². The number of nitrogens with one attached hydrogen (secondary N) is 1. The van der Waals surface area contributed by atoms with E-state index in [1.165, 1.54) is 11.1 Å². The number of fused-ring (bicyclic) bond motifs is 1. The highest BCUT2D eigenvalue weighted by molar-refractivity contribution is 5.98. The Balaban J connectivity index is 2.43. The van der Waals surface area contributed by atoms with Crippen LogP contribution in [0.15, 0.2) is 18.2 Å². The van der Waals surface area contributed by atoms with Crippen molar-refractivity contribution < 1.29 is 4.79 Å². The molecule has 0 aromatic heterocycles. The average Bonchev–Trinajstić information content (AvgIpc) is 2.29. The fourth-order valence-corrected chi connectivity index (χ4v) is 2.39. The number of hydrogen-bond donors (Lipinski definition) is 1. The molecule has 1 unspecified atom stereocenters. The zero-order valence-corrected chi connectivity index (χ0v) is 12.1. The summed E-state index contributed by atoms with van der Waals surface area (Å²) in [5, 5.41) is 3.04. The van der Waals surface area contributed by atoms with Crippen LogP contribution in [-0.4, -0.2) is 5.91 Å². The van der Waals surface area contributed by atoms with Gasteiger partial charge in [0.25, 0.3) is 0 Å². The molecule has 2 nitrogen and oxygen atoms in total. The molecular formula is C16H23NO. The van der Waals surface area contributed by atoms with Crippen molar-refractivity contribution in [3.8, 4) is 0 Å². The first-order valence-corrected chi connectivity index (χ1v) is 6.71. The summed E-state index contributed by atoms with van der Waals surface area (Å²) in [7, 11) is 0. The van der Waals surface area contributed by atoms with Crippen LogP contribution in [0.5, 0.6) is 0 Å². The number of rotatable bonds is 1. The standard InChI is InChI=1S/C16H23NO/c1-6-16(5)10-11-9-12(15(2,3)4)7-8-13(11)17-14(16)18/h7-9H,6,10H2,1-5H3,(H,17,18). The van der Waals surface area contributed by atoms with Crippen LogP contribution in [0, 0.1) is 5.41 Å². The topological polar surface area (TPSA) is 29.1 Å². The largest absolute Gasteiger partial charge is 0.325 e. The Labute approximate surface area is 110 Å². The summed E-state index contributed by atoms with van der Waals surface area (Å²) in [6, 6.07) is 6.42. The fraction of sp³-hybridized carbons (Fsp3) is 0.562. The molecule has 1 aromatic rings. The van der Waals surface area contributed by atoms with Crippen molar-refractivity contribution in [2.75, 3.05) is 5.32 Å². The van der Waals surface area contributed by atoms with Gasteiger partial charge in [-0.15, -0.1) is 0 Å². The summed E-state index contributed by atoms with van der Waals surface area (Å²) >= 11 is 0. The normalized spacial score (nSPS) is 23.5. The second-order valence-corrected chi connectivity index (χ2v) is 6.67. The Morgan fingerprint density at radius 3 is 2.56 bits per heavy atom. The summed E-state index contributed by atoms with van der Waals surface area (Å²) in [6.45, 7) is 10.8. The lowest BCUT2D eigenvalue weighted by Gasteiger charge is -2.34. The van der Waals surface area contributed by atoms with Gasteiger partial charge < -0.3 is 5.32 Å². The second-order valence-electron chi connectivity index (χ2n) is 6.67. The number of carbonyl (C=O) groups is 1. The lowest BCUT2D eigenvalue weighted by Crippen LogP contribution is -2.39. The number of amides is 1. The third-order valence-corrected chi connectivity index (χ3v) is 4.13. The van der Waals surface area contributed by atoms with Crippen LogP contribution < -0.4 is 5.32 Å². The molecule has 1 heterocycles. The molecule has 1 aromatic carbocycles. The van der Waals surface area contributed by atoms with Gasteiger partial charge in [-0.25, -0.2) is 0 Å². The highest BCUT2D eigenvalue weighted by Crippen LogP contribution is 2.37. The van der Waals surface area contributed by atoms with E-state index in [9.17, 15) is 4.79 Å². The Morgan fingerprint density at radius 2 is 2.00 bits per heavy atom. The van der Waals surface area contributed by atoms with Crippen LogP contribution in [0.3, 0.4) is 0 Å². The van der Waals surface area contributed by atoms with E-state index >= 15 is 0 Å². The molecule has 98 valence electrons. The number of anilines is 1. The van der Waals surface area contributed by atoms with Gasteiger partial charge >= 0.3 is 0 Å². The summed E-state index contributed by atoms with van der Waals surface area (Å²) < 4.78 is 0. The quantitative estimate of drug-likeness (QED) is 0.799. The lowest BCUT2D eigenvalue weighted by atomic mass is 9.76. The van der Waals surface area contributed by atoms with E-state index in [1.807, 2.05) is 6.07 Å². The molecule has 0 saturated carbocycles. The molecule has 1 amide bonds. The van der Waals surface area contributed by atoms with Crippen molar-refractivity contribution in [2.45, 2.75) is 52.9 Å². The van der Waals surface area contributed by atoms with E-state index in [0.29, 0.717) is 0 Å². The molecule has 1 aliphatic rings. The zero-order chi connectivity index (χ0) is 13.6. The first-order valence-electron chi connectivity index (χ1n) is 6.71. The third-order valence-electron chi connectivity index (χ3n) is 4.13. The Bertz CT molecular complexity index is 484. The molecular weight excluding hydrogens is 222 g/mol. The van der Waals surface area contributed by atoms with Crippen LogP contribution >= 0.6 is 0 Å². The van der Waals surface area contributed by atoms with Crippen LogP contribution in [0.1, 0.15) is 52.2 Å². The van der Waals surface area contributed by atoms with E-state index in [-0.39, 0.29) is 16.7 Å². The highest BCUT2D eigenvalue weighted by atomic mass is 16.2. The minimum absolute atomic E-state index is 0.152. The molecule has 0 bridgehead atoms. The van der Waals surface area contributed by atoms with Gasteiger partial charge in [0.05, 0.1) is 5.41 Å². The van der Waals surface area contributed by atoms with Gasteiger partial charge in [0, 0.05) is 5.69 Å². The molecule has 2 heteroatoms. The molecule has 0 saturated heterocycles. The zero-order valence-electron chi connectivity index (χ0n) is 12.1. The smallest absolute Gasteiger partial charge is 0.230 e. The van der Waals surface area contributed by atoms with Crippen molar-refractivity contribution >= 4 is 11.6 Å². The van der Waals surface area contributed by atoms with E-state index in [1.54, 1.807) is 0 Å². The van der Waals surface area contributed by atoms with Crippen LogP contribution in [0.4, 0.5) is 5.69 Å². The van der Waals surface area contributed by atoms with Gasteiger partial charge in [0.2, 0.25) is 5.91 Å². The minimum Gasteiger partial charge on any atom is -0.325 e. The minimum atomic E-state index is -0.260. The molecule has 0 spiro atoms. The van der Waals surface area contributed by atoms with Gasteiger partial charge in [-0.2, -0.15) is 0 Å². The van der Waals surface area contributed by atoms with Gasteiger partial charge in [-0.3, -0.25) is 4.79 Å². The van der Waals surface area contributed by atoms with Crippen LogP contribution in [0.25, 0.3) is 0 Å². The average molecular weight is 245 g/mol. The van der Waals surface area contributed by atoms with Crippen molar-refractivity contribution in [1.82, 2.24) is 0 Å². The van der Waals surface area contributed by atoms with Crippen LogP contribution in [0.2, 0.25) is 0 Å². The third kappa shape index (κ3) is 2.16. The van der Waals surface area contributed by atoms with Crippen molar-refractivity contribution in [3.05, 3.63) is 29.3 Å². The van der Waals surface area contributed by atoms with Gasteiger partial charge in [-0.05, 0) is 35.4 Å². The summed E-state index contributed by atoms with van der Waals surface area (Å²) in [6.07, 6.45) is 1.71. The first-order chi connectivity index (χ1) is 8.26. The molecule has 1 N–H and O–H groups in total. The van der Waals surface area contributed by atoms with Crippen molar-refractivity contribution in [1.29, 1.82) is 0 Å². The highest BCUT2D eigenvalue weighted by Gasteiger charge is 2.36. The number of hydrogen-bond acceptors (Lipinski definition) is 1. The van der Waals surface area contributed by atoms with Gasteiger partial charge in [0.1, 0.15) is 0 Å². The maximum absolute atomic E-state index is 12.1. The summed E-state index contributed by atoms with van der Waals surface area (Å²) in [5.74, 6) is 0.154. The predicted octanol–water partition coefficient (Wildman–Crippen LogP) is 3.90. The molecule has 0 radical (unpaired) electrons. The number of carbonyl (C=O) groups excluding carboxylic acids is 1. The van der Waals surface area contributed by atoms with Gasteiger partial charge in [-0.1, -0.05) is 46.8 Å². The molecule has 1 atom stereocenters. The monoisotopic (exact) mass is 245 g/mol. The molecule has 18 heavy (non-hydrogen) atoms. The SMILES string of the molecule is CCC1(C)Cc2cc(C(C)(C)C)ccc2NC1=O. The fourth-order valence-electron chi connectivity index (χ4n) is 2.39. The van der Waals surface area contributed by atoms with Crippen molar-refractivity contribution in [3.63, 3.8) is 0 Å². The lowest BCUT2D eigenvalue weighted by molar-refractivity contribution is -0.125. The molecule has 0 fully saturated rings. The Kier molecular flexibility index (Phi) is 3.00. The number of benzene rings is 1. The van der Waals surface area contributed by atoms with E-state index in [4.69, 9.17) is 0 Å². The summed E-state index contributed by atoms with van der Waals surface area (Å²) in [4.78, 5) is 12.1. The second kappa shape index (κ2) is 4.11. The predicted molar refractivity (Wildman–Crippen MR) is 75.9 cm³/mol. The van der Waals surface area contributed by atoms with Gasteiger partial charge in [0.15, 0.2) is 0 Å². The van der Waals surface area contributed by atoms with E-state index < -0.39 is 0 Å². The maximum Gasteiger partial charge on any atom is 0.230 e. The maximum atomic E-state index is 12.1. The molecule has 2 rings (SSSR count). The van der Waals surface area contributed by atoms with Crippen molar-refractivity contribution in [2.24, 2.45) is 5.41 Å². The van der Waals surface area contributed by atoms with E-state index in [2.05, 4.69) is 52.1 Å². The Hall–Kier alpha value is -1.31. The Morgan fingerprint density at radius 1 is 1.33 bits per heavy atom.